The van der Waals surface area contributed by atoms with E-state index < -0.39 is 44.8 Å². The molecule has 3 aromatic rings. The van der Waals surface area contributed by atoms with Crippen LogP contribution in [0.15, 0.2) is 54.6 Å². The first-order chi connectivity index (χ1) is 13.4. The molecule has 3 aromatic carbocycles. The molecule has 4 rings (SSSR count). The van der Waals surface area contributed by atoms with Crippen LogP contribution >= 0.6 is 0 Å². The molecule has 0 aliphatic heterocycles. The van der Waals surface area contributed by atoms with Crippen LogP contribution in [0.2, 0.25) is 0 Å². The number of nitro groups is 1. The third-order valence-electron chi connectivity index (χ3n) is 4.50. The number of benzene rings is 3. The number of hydrogen-bond donors (Lipinski definition) is 3. The van der Waals surface area contributed by atoms with Crippen molar-refractivity contribution in [3.8, 4) is 11.5 Å². The van der Waals surface area contributed by atoms with Gasteiger partial charge in [0.25, 0.3) is 0 Å². The van der Waals surface area contributed by atoms with Crippen LogP contribution in [-0.4, -0.2) is 26.7 Å². The molecule has 1 aliphatic carbocycles. The number of phenolic OH excluding ortho intramolecular Hbond substituents is 2. The third-order valence-corrected chi connectivity index (χ3v) is 4.50. The number of ketones is 2. The van der Waals surface area contributed by atoms with Gasteiger partial charge in [0.05, 0.1) is 33.4 Å². The maximum Gasteiger partial charge on any atom is 0.315 e. The molecule has 0 unspecified atom stereocenters. The van der Waals surface area contributed by atoms with E-state index in [1.807, 2.05) is 6.07 Å². The molecule has 0 atom stereocenters. The normalized spacial score (nSPS) is 12.3. The summed E-state index contributed by atoms with van der Waals surface area (Å²) in [6.07, 6.45) is 0. The fourth-order valence-electron chi connectivity index (χ4n) is 3.26. The Bertz CT molecular complexity index is 1170. The van der Waals surface area contributed by atoms with E-state index in [9.17, 15) is 29.9 Å². The number of carbonyl (C=O) groups excluding carboxylic acids is 2. The van der Waals surface area contributed by atoms with E-state index in [1.54, 1.807) is 36.4 Å². The topological polar surface area (TPSA) is 130 Å². The second-order valence-corrected chi connectivity index (χ2v) is 6.15. The number of nitro benzene ring substituents is 1. The predicted octanol–water partition coefficient (Wildman–Crippen LogP) is 3.53. The van der Waals surface area contributed by atoms with Crippen LogP contribution in [0.4, 0.5) is 17.1 Å². The Morgan fingerprint density at radius 2 is 1.57 bits per heavy atom. The van der Waals surface area contributed by atoms with Crippen molar-refractivity contribution < 1.29 is 24.7 Å². The molecule has 0 heterocycles. The number of anilines is 2. The summed E-state index contributed by atoms with van der Waals surface area (Å²) in [7, 11) is 0. The van der Waals surface area contributed by atoms with Gasteiger partial charge in [0.1, 0.15) is 5.75 Å². The molecule has 138 valence electrons. The molecule has 0 spiro atoms. The number of fused-ring (bicyclic) bond motifs is 2. The standard InChI is InChI=1S/C20H12N2O6/c23-14-9-13(22(27)28)19(25)17-16(14)18(24)11-7-4-8-12(15(11)20(17)26)21-10-5-2-1-3-6-10/h1-9,21,23,25H. The minimum Gasteiger partial charge on any atom is -0.507 e. The number of carbonyl (C=O) groups is 2. The number of rotatable bonds is 3. The van der Waals surface area contributed by atoms with Crippen molar-refractivity contribution in [1.29, 1.82) is 0 Å². The summed E-state index contributed by atoms with van der Waals surface area (Å²) < 4.78 is 0. The Balaban J connectivity index is 1.95. The molecule has 0 bridgehead atoms. The van der Waals surface area contributed by atoms with E-state index in [4.69, 9.17) is 0 Å². The van der Waals surface area contributed by atoms with E-state index in [1.165, 1.54) is 6.07 Å². The fourth-order valence-corrected chi connectivity index (χ4v) is 3.26. The highest BCUT2D eigenvalue weighted by atomic mass is 16.6. The summed E-state index contributed by atoms with van der Waals surface area (Å²) in [6, 6.07) is 14.1. The number of phenols is 2. The molecule has 0 saturated heterocycles. The van der Waals surface area contributed by atoms with Gasteiger partial charge >= 0.3 is 5.69 Å². The van der Waals surface area contributed by atoms with Gasteiger partial charge in [0.15, 0.2) is 5.78 Å². The van der Waals surface area contributed by atoms with E-state index in [0.717, 1.165) is 0 Å². The molecule has 0 amide bonds. The Morgan fingerprint density at radius 3 is 2.25 bits per heavy atom. The number of nitrogens with one attached hydrogen (secondary N) is 1. The number of hydrogen-bond acceptors (Lipinski definition) is 7. The Kier molecular flexibility index (Phi) is 3.82. The second kappa shape index (κ2) is 6.20. The minimum atomic E-state index is -0.948. The summed E-state index contributed by atoms with van der Waals surface area (Å²) in [5, 5.41) is 34.6. The second-order valence-electron chi connectivity index (χ2n) is 6.15. The highest BCUT2D eigenvalue weighted by molar-refractivity contribution is 6.32. The molecule has 8 nitrogen and oxygen atoms in total. The number of para-hydroxylation sites is 1. The van der Waals surface area contributed by atoms with Crippen LogP contribution < -0.4 is 5.32 Å². The van der Waals surface area contributed by atoms with Gasteiger partial charge in [-0.15, -0.1) is 0 Å². The van der Waals surface area contributed by atoms with Crippen LogP contribution in [0, 0.1) is 10.1 Å². The van der Waals surface area contributed by atoms with Crippen molar-refractivity contribution in [1.82, 2.24) is 0 Å². The van der Waals surface area contributed by atoms with E-state index in [0.29, 0.717) is 17.4 Å². The van der Waals surface area contributed by atoms with Gasteiger partial charge in [0.2, 0.25) is 11.5 Å². The van der Waals surface area contributed by atoms with Crippen LogP contribution in [0.1, 0.15) is 31.8 Å². The maximum absolute atomic E-state index is 13.1. The van der Waals surface area contributed by atoms with Crippen molar-refractivity contribution in [2.24, 2.45) is 0 Å². The van der Waals surface area contributed by atoms with Crippen molar-refractivity contribution in [3.05, 3.63) is 87.0 Å². The lowest BCUT2D eigenvalue weighted by Crippen LogP contribution is -2.23. The van der Waals surface area contributed by atoms with Gasteiger partial charge < -0.3 is 15.5 Å². The highest BCUT2D eigenvalue weighted by Crippen LogP contribution is 2.44. The summed E-state index contributed by atoms with van der Waals surface area (Å²) in [6.45, 7) is 0. The van der Waals surface area contributed by atoms with Crippen LogP contribution in [-0.2, 0) is 0 Å². The molecular formula is C20H12N2O6. The lowest BCUT2D eigenvalue weighted by molar-refractivity contribution is -0.386. The molecule has 0 aromatic heterocycles. The maximum atomic E-state index is 13.1. The molecule has 0 radical (unpaired) electrons. The smallest absolute Gasteiger partial charge is 0.315 e. The zero-order chi connectivity index (χ0) is 20.0. The van der Waals surface area contributed by atoms with Gasteiger partial charge in [-0.2, -0.15) is 0 Å². The minimum absolute atomic E-state index is 0.0287. The zero-order valence-corrected chi connectivity index (χ0v) is 14.2. The molecule has 1 aliphatic rings. The zero-order valence-electron chi connectivity index (χ0n) is 14.2. The lowest BCUT2D eigenvalue weighted by Gasteiger charge is -2.22. The number of nitrogens with zero attached hydrogens (tertiary/aromatic N) is 1. The summed E-state index contributed by atoms with van der Waals surface area (Å²) in [5.74, 6) is -3.18. The summed E-state index contributed by atoms with van der Waals surface area (Å²) in [5.41, 5.74) is -0.912. The first-order valence-electron chi connectivity index (χ1n) is 8.18. The van der Waals surface area contributed by atoms with Gasteiger partial charge in [-0.1, -0.05) is 30.3 Å². The van der Waals surface area contributed by atoms with Crippen molar-refractivity contribution in [3.63, 3.8) is 0 Å². The fraction of sp³-hybridized carbons (Fsp3) is 0. The van der Waals surface area contributed by atoms with Crippen molar-refractivity contribution in [2.45, 2.75) is 0 Å². The molecule has 0 saturated carbocycles. The molecule has 0 fully saturated rings. The van der Waals surface area contributed by atoms with Crippen LogP contribution in [0.5, 0.6) is 11.5 Å². The first kappa shape index (κ1) is 17.2. The van der Waals surface area contributed by atoms with E-state index in [2.05, 4.69) is 5.32 Å². The number of aromatic hydroxyl groups is 2. The van der Waals surface area contributed by atoms with E-state index in [-0.39, 0.29) is 11.1 Å². The molecular weight excluding hydrogens is 364 g/mol. The van der Waals surface area contributed by atoms with Gasteiger partial charge in [0, 0.05) is 11.3 Å². The molecule has 28 heavy (non-hydrogen) atoms. The van der Waals surface area contributed by atoms with Crippen molar-refractivity contribution >= 4 is 28.6 Å². The third kappa shape index (κ3) is 2.47. The van der Waals surface area contributed by atoms with Crippen LogP contribution in [0.3, 0.4) is 0 Å². The van der Waals surface area contributed by atoms with Gasteiger partial charge in [-0.3, -0.25) is 19.7 Å². The highest BCUT2D eigenvalue weighted by Gasteiger charge is 2.39. The lowest BCUT2D eigenvalue weighted by atomic mass is 9.82. The van der Waals surface area contributed by atoms with Gasteiger partial charge in [-0.05, 0) is 18.2 Å². The molecule has 8 heteroatoms. The summed E-state index contributed by atoms with van der Waals surface area (Å²) >= 11 is 0. The SMILES string of the molecule is O=C1c2cccc(Nc3ccccc3)c2C(=O)c2c(O)c([N+](=O)[O-])cc(O)c21. The summed E-state index contributed by atoms with van der Waals surface area (Å²) in [4.78, 5) is 36.2. The first-order valence-corrected chi connectivity index (χ1v) is 8.18. The Labute approximate surface area is 157 Å². The van der Waals surface area contributed by atoms with Gasteiger partial charge in [-0.25, -0.2) is 0 Å². The van der Waals surface area contributed by atoms with E-state index >= 15 is 0 Å². The largest absolute Gasteiger partial charge is 0.507 e. The quantitative estimate of drug-likeness (QED) is 0.283. The predicted molar refractivity (Wildman–Crippen MR) is 99.5 cm³/mol. The monoisotopic (exact) mass is 376 g/mol. The average Bonchev–Trinajstić information content (AvgIpc) is 2.68. The Hall–Kier alpha value is -4.20. The molecule has 3 N–H and O–H groups in total. The average molecular weight is 376 g/mol. The van der Waals surface area contributed by atoms with Crippen molar-refractivity contribution in [2.75, 3.05) is 5.32 Å². The Morgan fingerprint density at radius 1 is 0.857 bits per heavy atom. The van der Waals surface area contributed by atoms with Crippen LogP contribution in [0.25, 0.3) is 0 Å².